The van der Waals surface area contributed by atoms with Crippen molar-refractivity contribution in [3.63, 3.8) is 0 Å². The Morgan fingerprint density at radius 2 is 2.11 bits per heavy atom. The molecule has 0 bridgehead atoms. The maximum absolute atomic E-state index is 11.3. The number of hydrogen-bond donors (Lipinski definition) is 2. The van der Waals surface area contributed by atoms with Gasteiger partial charge in [0, 0.05) is 4.90 Å². The van der Waals surface area contributed by atoms with Crippen molar-refractivity contribution in [3.8, 4) is 0 Å². The largest absolute Gasteiger partial charge is 0.324 e. The SMILES string of the molecule is O=C1CSc2cc(CC3CCNCC3)ccc2N1. The average Bonchev–Trinajstić information content (AvgIpc) is 2.40. The molecule has 3 rings (SSSR count). The molecule has 0 unspecified atom stereocenters. The minimum atomic E-state index is 0.110. The lowest BCUT2D eigenvalue weighted by Crippen LogP contribution is -2.28. The maximum Gasteiger partial charge on any atom is 0.234 e. The van der Waals surface area contributed by atoms with Gasteiger partial charge in [-0.3, -0.25) is 4.79 Å². The molecule has 18 heavy (non-hydrogen) atoms. The lowest BCUT2D eigenvalue weighted by atomic mass is 9.91. The van der Waals surface area contributed by atoms with E-state index in [2.05, 4.69) is 28.8 Å². The van der Waals surface area contributed by atoms with E-state index in [1.165, 1.54) is 29.7 Å². The van der Waals surface area contributed by atoms with E-state index in [0.717, 1.165) is 24.7 Å². The van der Waals surface area contributed by atoms with Gasteiger partial charge in [-0.1, -0.05) is 6.07 Å². The molecule has 0 saturated carbocycles. The van der Waals surface area contributed by atoms with E-state index in [1.54, 1.807) is 11.8 Å². The van der Waals surface area contributed by atoms with Gasteiger partial charge in [0.1, 0.15) is 0 Å². The summed E-state index contributed by atoms with van der Waals surface area (Å²) in [6.07, 6.45) is 3.73. The summed E-state index contributed by atoms with van der Waals surface area (Å²) >= 11 is 1.65. The first-order valence-electron chi connectivity index (χ1n) is 6.57. The second kappa shape index (κ2) is 5.33. The molecule has 2 aliphatic heterocycles. The first-order valence-corrected chi connectivity index (χ1v) is 7.56. The molecule has 0 atom stereocenters. The molecule has 1 aromatic rings. The van der Waals surface area contributed by atoms with Gasteiger partial charge >= 0.3 is 0 Å². The molecule has 0 radical (unpaired) electrons. The minimum Gasteiger partial charge on any atom is -0.324 e. The van der Waals surface area contributed by atoms with Gasteiger partial charge in [-0.25, -0.2) is 0 Å². The van der Waals surface area contributed by atoms with Crippen LogP contribution in [0.3, 0.4) is 0 Å². The third kappa shape index (κ3) is 2.70. The van der Waals surface area contributed by atoms with Gasteiger partial charge in [0.25, 0.3) is 0 Å². The van der Waals surface area contributed by atoms with Crippen molar-refractivity contribution in [1.82, 2.24) is 5.32 Å². The number of hydrogen-bond acceptors (Lipinski definition) is 3. The van der Waals surface area contributed by atoms with Gasteiger partial charge in [0.15, 0.2) is 0 Å². The third-order valence-corrected chi connectivity index (χ3v) is 4.72. The molecule has 2 heterocycles. The fourth-order valence-corrected chi connectivity index (χ4v) is 3.53. The van der Waals surface area contributed by atoms with E-state index in [0.29, 0.717) is 5.75 Å². The van der Waals surface area contributed by atoms with Crippen molar-refractivity contribution in [1.29, 1.82) is 0 Å². The van der Waals surface area contributed by atoms with Crippen LogP contribution in [-0.2, 0) is 11.2 Å². The standard InChI is InChI=1S/C14H18N2OS/c17-14-9-18-13-8-11(1-2-12(13)16-14)7-10-3-5-15-6-4-10/h1-2,8,10,15H,3-7,9H2,(H,16,17). The highest BCUT2D eigenvalue weighted by molar-refractivity contribution is 8.00. The highest BCUT2D eigenvalue weighted by Gasteiger charge is 2.17. The van der Waals surface area contributed by atoms with Gasteiger partial charge in [0.05, 0.1) is 11.4 Å². The number of anilines is 1. The zero-order valence-electron chi connectivity index (χ0n) is 10.4. The van der Waals surface area contributed by atoms with Gasteiger partial charge in [-0.05, 0) is 56.0 Å². The lowest BCUT2D eigenvalue weighted by Gasteiger charge is -2.23. The lowest BCUT2D eigenvalue weighted by molar-refractivity contribution is -0.113. The van der Waals surface area contributed by atoms with Crippen molar-refractivity contribution >= 4 is 23.4 Å². The van der Waals surface area contributed by atoms with Crippen LogP contribution in [0.2, 0.25) is 0 Å². The predicted molar refractivity (Wildman–Crippen MR) is 75.1 cm³/mol. The highest BCUT2D eigenvalue weighted by Crippen LogP contribution is 2.33. The number of thioether (sulfide) groups is 1. The number of rotatable bonds is 2. The first-order chi connectivity index (χ1) is 8.81. The summed E-state index contributed by atoms with van der Waals surface area (Å²) in [4.78, 5) is 12.5. The monoisotopic (exact) mass is 262 g/mol. The molecule has 0 aromatic heterocycles. The van der Waals surface area contributed by atoms with Crippen molar-refractivity contribution < 1.29 is 4.79 Å². The van der Waals surface area contributed by atoms with Crippen LogP contribution in [0.1, 0.15) is 18.4 Å². The van der Waals surface area contributed by atoms with Crippen LogP contribution in [-0.4, -0.2) is 24.7 Å². The Balaban J connectivity index is 1.71. The summed E-state index contributed by atoms with van der Waals surface area (Å²) in [5.74, 6) is 1.47. The second-order valence-electron chi connectivity index (χ2n) is 5.06. The number of nitrogens with one attached hydrogen (secondary N) is 2. The Morgan fingerprint density at radius 3 is 2.94 bits per heavy atom. The van der Waals surface area contributed by atoms with E-state index < -0.39 is 0 Å². The van der Waals surface area contributed by atoms with Crippen molar-refractivity contribution in [2.45, 2.75) is 24.2 Å². The molecule has 1 fully saturated rings. The Hall–Kier alpha value is -1.00. The van der Waals surface area contributed by atoms with Crippen LogP contribution in [0.5, 0.6) is 0 Å². The van der Waals surface area contributed by atoms with Crippen LogP contribution in [0, 0.1) is 5.92 Å². The van der Waals surface area contributed by atoms with Gasteiger partial charge < -0.3 is 10.6 Å². The third-order valence-electron chi connectivity index (χ3n) is 3.66. The molecular weight excluding hydrogens is 244 g/mol. The van der Waals surface area contributed by atoms with Crippen molar-refractivity contribution in [3.05, 3.63) is 23.8 Å². The quantitative estimate of drug-likeness (QED) is 0.859. The van der Waals surface area contributed by atoms with Crippen molar-refractivity contribution in [2.75, 3.05) is 24.2 Å². The van der Waals surface area contributed by atoms with E-state index in [1.807, 2.05) is 0 Å². The highest BCUT2D eigenvalue weighted by atomic mass is 32.2. The fraction of sp³-hybridized carbons (Fsp3) is 0.500. The van der Waals surface area contributed by atoms with Gasteiger partial charge in [0.2, 0.25) is 5.91 Å². The normalized spacial score (nSPS) is 20.3. The van der Waals surface area contributed by atoms with E-state index >= 15 is 0 Å². The number of benzene rings is 1. The summed E-state index contributed by atoms with van der Waals surface area (Å²) in [5, 5.41) is 6.32. The topological polar surface area (TPSA) is 41.1 Å². The summed E-state index contributed by atoms with van der Waals surface area (Å²) in [7, 11) is 0. The number of carbonyl (C=O) groups excluding carboxylic acids is 1. The molecule has 4 heteroatoms. The Bertz CT molecular complexity index is 455. The Morgan fingerprint density at radius 1 is 1.28 bits per heavy atom. The van der Waals surface area contributed by atoms with E-state index in [9.17, 15) is 4.79 Å². The predicted octanol–water partition coefficient (Wildman–Crippen LogP) is 2.27. The molecule has 0 aliphatic carbocycles. The average molecular weight is 262 g/mol. The second-order valence-corrected chi connectivity index (χ2v) is 6.08. The van der Waals surface area contributed by atoms with Crippen molar-refractivity contribution in [2.24, 2.45) is 5.92 Å². The summed E-state index contributed by atoms with van der Waals surface area (Å²) in [6.45, 7) is 2.31. The molecule has 1 aromatic carbocycles. The first kappa shape index (κ1) is 12.1. The number of piperidine rings is 1. The number of amides is 1. The van der Waals surface area contributed by atoms with E-state index in [4.69, 9.17) is 0 Å². The van der Waals surface area contributed by atoms with Crippen LogP contribution in [0.15, 0.2) is 23.1 Å². The molecule has 2 N–H and O–H groups in total. The zero-order chi connectivity index (χ0) is 12.4. The smallest absolute Gasteiger partial charge is 0.234 e. The molecule has 2 aliphatic rings. The minimum absolute atomic E-state index is 0.110. The molecule has 0 spiro atoms. The van der Waals surface area contributed by atoms with Gasteiger partial charge in [-0.2, -0.15) is 0 Å². The van der Waals surface area contributed by atoms with Crippen LogP contribution in [0.25, 0.3) is 0 Å². The zero-order valence-corrected chi connectivity index (χ0v) is 11.2. The number of carbonyl (C=O) groups is 1. The summed E-state index contributed by atoms with van der Waals surface area (Å²) in [5.41, 5.74) is 2.38. The van der Waals surface area contributed by atoms with E-state index in [-0.39, 0.29) is 5.91 Å². The Labute approximate surface area is 112 Å². The fourth-order valence-electron chi connectivity index (χ4n) is 2.67. The molecule has 1 amide bonds. The van der Waals surface area contributed by atoms with Crippen LogP contribution >= 0.6 is 11.8 Å². The molecule has 1 saturated heterocycles. The van der Waals surface area contributed by atoms with Crippen LogP contribution in [0.4, 0.5) is 5.69 Å². The van der Waals surface area contributed by atoms with Crippen LogP contribution < -0.4 is 10.6 Å². The molecular formula is C14H18N2OS. The molecule has 3 nitrogen and oxygen atoms in total. The summed E-state index contributed by atoms with van der Waals surface area (Å²) in [6, 6.07) is 6.46. The maximum atomic E-state index is 11.3. The Kier molecular flexibility index (Phi) is 3.57. The van der Waals surface area contributed by atoms with Gasteiger partial charge in [-0.15, -0.1) is 11.8 Å². The number of fused-ring (bicyclic) bond motifs is 1. The molecule has 96 valence electrons. The summed E-state index contributed by atoms with van der Waals surface area (Å²) < 4.78 is 0.